The Morgan fingerprint density at radius 1 is 1.38 bits per heavy atom. The van der Waals surface area contributed by atoms with Crippen LogP contribution >= 0.6 is 0 Å². The third kappa shape index (κ3) is 6.10. The lowest BCUT2D eigenvalue weighted by Crippen LogP contribution is -2.35. The normalized spacial score (nSPS) is 9.85. The van der Waals surface area contributed by atoms with Crippen LogP contribution in [0.4, 0.5) is 0 Å². The molecule has 0 rings (SSSR count). The van der Waals surface area contributed by atoms with E-state index < -0.39 is 11.9 Å². The molecule has 1 N–H and O–H groups in total. The summed E-state index contributed by atoms with van der Waals surface area (Å²) in [6.07, 6.45) is -0.277. The van der Waals surface area contributed by atoms with Crippen molar-refractivity contribution in [3.63, 3.8) is 0 Å². The van der Waals surface area contributed by atoms with Crippen molar-refractivity contribution in [2.45, 2.75) is 20.0 Å². The molecule has 0 bridgehead atoms. The van der Waals surface area contributed by atoms with Crippen LogP contribution in [0.25, 0.3) is 0 Å². The van der Waals surface area contributed by atoms with E-state index in [0.717, 1.165) is 0 Å². The Kier molecular flexibility index (Phi) is 5.88. The second-order valence-electron chi connectivity index (χ2n) is 2.70. The van der Waals surface area contributed by atoms with Crippen LogP contribution < -0.4 is 5.32 Å². The maximum atomic E-state index is 10.9. The molecule has 0 saturated heterocycles. The van der Waals surface area contributed by atoms with E-state index in [9.17, 15) is 9.59 Å². The summed E-state index contributed by atoms with van der Waals surface area (Å²) in [5.74, 6) is -1.59. The Morgan fingerprint density at radius 3 is 2.46 bits per heavy atom. The monoisotopic (exact) mass is 189 g/mol. The maximum Gasteiger partial charge on any atom is 0.397 e. The van der Waals surface area contributed by atoms with Crippen molar-refractivity contribution in [3.05, 3.63) is 0 Å². The first kappa shape index (κ1) is 11.9. The molecule has 0 radical (unpaired) electrons. The van der Waals surface area contributed by atoms with Crippen molar-refractivity contribution in [1.82, 2.24) is 5.32 Å². The molecule has 13 heavy (non-hydrogen) atoms. The summed E-state index contributed by atoms with van der Waals surface area (Å²) in [7, 11) is 1.51. The van der Waals surface area contributed by atoms with E-state index in [2.05, 4.69) is 14.8 Å². The quantitative estimate of drug-likeness (QED) is 0.374. The zero-order chi connectivity index (χ0) is 10.3. The highest BCUT2D eigenvalue weighted by Gasteiger charge is 2.15. The van der Waals surface area contributed by atoms with Gasteiger partial charge in [-0.2, -0.15) is 0 Å². The van der Waals surface area contributed by atoms with Crippen LogP contribution in [0.1, 0.15) is 13.8 Å². The number of rotatable bonds is 4. The standard InChI is InChI=1S/C8H15NO4/c1-6(2)13-8(11)7(10)9-4-5-12-3/h6H,4-5H2,1-3H3,(H,9,10). The SMILES string of the molecule is COCCNC(=O)C(=O)OC(C)C. The van der Waals surface area contributed by atoms with Crippen LogP contribution in [-0.2, 0) is 19.1 Å². The van der Waals surface area contributed by atoms with E-state index in [4.69, 9.17) is 0 Å². The lowest BCUT2D eigenvalue weighted by Gasteiger charge is -2.07. The van der Waals surface area contributed by atoms with Gasteiger partial charge in [0.05, 0.1) is 12.7 Å². The van der Waals surface area contributed by atoms with Gasteiger partial charge in [-0.05, 0) is 13.8 Å². The van der Waals surface area contributed by atoms with Crippen LogP contribution in [0, 0.1) is 0 Å². The molecule has 0 aliphatic heterocycles. The molecule has 76 valence electrons. The molecule has 1 amide bonds. The Morgan fingerprint density at radius 2 is 2.00 bits per heavy atom. The number of carbonyl (C=O) groups is 2. The van der Waals surface area contributed by atoms with Crippen LogP contribution in [0.5, 0.6) is 0 Å². The minimum absolute atomic E-state index is 0.277. The van der Waals surface area contributed by atoms with Crippen molar-refractivity contribution in [2.75, 3.05) is 20.3 Å². The highest BCUT2D eigenvalue weighted by molar-refractivity contribution is 6.32. The van der Waals surface area contributed by atoms with Crippen LogP contribution in [0.2, 0.25) is 0 Å². The molecule has 0 aliphatic carbocycles. The summed E-state index contributed by atoms with van der Waals surface area (Å²) in [5, 5.41) is 2.35. The van der Waals surface area contributed by atoms with Crippen LogP contribution in [0.15, 0.2) is 0 Å². The summed E-state index contributed by atoms with van der Waals surface area (Å²) in [4.78, 5) is 21.8. The summed E-state index contributed by atoms with van der Waals surface area (Å²) in [6.45, 7) is 4.05. The molecular weight excluding hydrogens is 174 g/mol. The molecule has 0 unspecified atom stereocenters. The summed E-state index contributed by atoms with van der Waals surface area (Å²) in [6, 6.07) is 0. The second-order valence-corrected chi connectivity index (χ2v) is 2.70. The molecule has 5 nitrogen and oxygen atoms in total. The van der Waals surface area contributed by atoms with Gasteiger partial charge in [0.25, 0.3) is 0 Å². The third-order valence-electron chi connectivity index (χ3n) is 1.12. The zero-order valence-corrected chi connectivity index (χ0v) is 8.12. The first-order chi connectivity index (χ1) is 6.07. The summed E-state index contributed by atoms with van der Waals surface area (Å²) in [5.41, 5.74) is 0. The first-order valence-electron chi connectivity index (χ1n) is 4.05. The molecule has 0 aromatic rings. The van der Waals surface area contributed by atoms with E-state index in [1.807, 2.05) is 0 Å². The number of ether oxygens (including phenoxy) is 2. The van der Waals surface area contributed by atoms with Gasteiger partial charge >= 0.3 is 11.9 Å². The van der Waals surface area contributed by atoms with Crippen LogP contribution in [-0.4, -0.2) is 38.2 Å². The fraction of sp³-hybridized carbons (Fsp3) is 0.750. The topological polar surface area (TPSA) is 64.6 Å². The Bertz CT molecular complexity index is 179. The van der Waals surface area contributed by atoms with E-state index in [-0.39, 0.29) is 6.10 Å². The average molecular weight is 189 g/mol. The molecule has 0 aromatic heterocycles. The Hall–Kier alpha value is -1.10. The number of esters is 1. The van der Waals surface area contributed by atoms with Gasteiger partial charge in [-0.15, -0.1) is 0 Å². The molecule has 0 spiro atoms. The van der Waals surface area contributed by atoms with Crippen molar-refractivity contribution < 1.29 is 19.1 Å². The fourth-order valence-electron chi connectivity index (χ4n) is 0.606. The number of amides is 1. The van der Waals surface area contributed by atoms with E-state index >= 15 is 0 Å². The molecule has 0 aliphatic rings. The molecule has 0 saturated carbocycles. The lowest BCUT2D eigenvalue weighted by molar-refractivity contribution is -0.157. The molecular formula is C8H15NO4. The molecule has 5 heteroatoms. The van der Waals surface area contributed by atoms with Gasteiger partial charge in [0.1, 0.15) is 0 Å². The van der Waals surface area contributed by atoms with Crippen molar-refractivity contribution >= 4 is 11.9 Å². The van der Waals surface area contributed by atoms with Gasteiger partial charge in [-0.25, -0.2) is 4.79 Å². The molecule has 0 fully saturated rings. The number of nitrogens with one attached hydrogen (secondary N) is 1. The minimum Gasteiger partial charge on any atom is -0.456 e. The van der Waals surface area contributed by atoms with E-state index in [1.54, 1.807) is 13.8 Å². The largest absolute Gasteiger partial charge is 0.456 e. The highest BCUT2D eigenvalue weighted by atomic mass is 16.5. The van der Waals surface area contributed by atoms with Gasteiger partial charge in [0.2, 0.25) is 0 Å². The average Bonchev–Trinajstić information content (AvgIpc) is 2.03. The van der Waals surface area contributed by atoms with Gasteiger partial charge in [0, 0.05) is 13.7 Å². The van der Waals surface area contributed by atoms with Gasteiger partial charge in [0.15, 0.2) is 0 Å². The number of methoxy groups -OCH3 is 1. The number of hydrogen-bond donors (Lipinski definition) is 1. The number of hydrogen-bond acceptors (Lipinski definition) is 4. The third-order valence-corrected chi connectivity index (χ3v) is 1.12. The Balaban J connectivity index is 3.64. The maximum absolute atomic E-state index is 10.9. The Labute approximate surface area is 77.4 Å². The highest BCUT2D eigenvalue weighted by Crippen LogP contribution is 1.88. The van der Waals surface area contributed by atoms with Gasteiger partial charge in [-0.1, -0.05) is 0 Å². The van der Waals surface area contributed by atoms with Gasteiger partial charge in [-0.3, -0.25) is 4.79 Å². The predicted octanol–water partition coefficient (Wildman–Crippen LogP) is -0.299. The van der Waals surface area contributed by atoms with E-state index in [1.165, 1.54) is 7.11 Å². The summed E-state index contributed by atoms with van der Waals surface area (Å²) < 4.78 is 9.34. The molecule has 0 aromatic carbocycles. The number of carbonyl (C=O) groups excluding carboxylic acids is 2. The summed E-state index contributed by atoms with van der Waals surface area (Å²) >= 11 is 0. The smallest absolute Gasteiger partial charge is 0.397 e. The fourth-order valence-corrected chi connectivity index (χ4v) is 0.606. The van der Waals surface area contributed by atoms with Crippen molar-refractivity contribution in [3.8, 4) is 0 Å². The predicted molar refractivity (Wildman–Crippen MR) is 46.1 cm³/mol. The van der Waals surface area contributed by atoms with Crippen LogP contribution in [0.3, 0.4) is 0 Å². The van der Waals surface area contributed by atoms with Crippen molar-refractivity contribution in [1.29, 1.82) is 0 Å². The molecule has 0 heterocycles. The molecule has 0 atom stereocenters. The minimum atomic E-state index is -0.855. The van der Waals surface area contributed by atoms with Crippen molar-refractivity contribution in [2.24, 2.45) is 0 Å². The van der Waals surface area contributed by atoms with E-state index in [0.29, 0.717) is 13.2 Å². The second kappa shape index (κ2) is 6.42. The lowest BCUT2D eigenvalue weighted by atomic mass is 10.5. The van der Waals surface area contributed by atoms with Gasteiger partial charge < -0.3 is 14.8 Å². The first-order valence-corrected chi connectivity index (χ1v) is 4.05. The zero-order valence-electron chi connectivity index (χ0n) is 8.12.